The van der Waals surface area contributed by atoms with Crippen LogP contribution in [-0.4, -0.2) is 10.7 Å². The monoisotopic (exact) mass is 337 g/mol. The minimum atomic E-state index is -0.446. The Bertz CT molecular complexity index is 646. The highest BCUT2D eigenvalue weighted by Crippen LogP contribution is 2.25. The average molecular weight is 338 g/mol. The normalized spacial score (nSPS) is 10.8. The number of nitrogens with zero attached hydrogens (tertiary/aromatic N) is 1. The molecule has 0 bridgehead atoms. The summed E-state index contributed by atoms with van der Waals surface area (Å²) in [7, 11) is 0. The summed E-state index contributed by atoms with van der Waals surface area (Å²) in [5.41, 5.74) is 0.575. The van der Waals surface area contributed by atoms with E-state index in [9.17, 15) is 14.9 Å². The highest BCUT2D eigenvalue weighted by molar-refractivity contribution is 9.10. The van der Waals surface area contributed by atoms with E-state index >= 15 is 0 Å². The number of rotatable bonds is 4. The van der Waals surface area contributed by atoms with Crippen LogP contribution in [0.4, 0.5) is 5.00 Å². The maximum absolute atomic E-state index is 11.8. The standard InChI is InChI=1S/C13H8BrNO3S/c14-10-3-1-9(2-4-10)12(16)7-5-11-6-8-13(19-11)15(17)18/h1-8H. The van der Waals surface area contributed by atoms with E-state index in [1.54, 1.807) is 36.4 Å². The molecule has 0 fully saturated rings. The van der Waals surface area contributed by atoms with Gasteiger partial charge in [-0.2, -0.15) is 0 Å². The van der Waals surface area contributed by atoms with Crippen LogP contribution < -0.4 is 0 Å². The molecule has 0 aliphatic carbocycles. The summed E-state index contributed by atoms with van der Waals surface area (Å²) in [4.78, 5) is 22.6. The molecule has 0 aliphatic heterocycles. The molecule has 96 valence electrons. The third-order valence-electron chi connectivity index (χ3n) is 2.32. The number of hydrogen-bond acceptors (Lipinski definition) is 4. The van der Waals surface area contributed by atoms with Crippen molar-refractivity contribution in [1.82, 2.24) is 0 Å². The second-order valence-corrected chi connectivity index (χ2v) is 5.65. The number of carbonyl (C=O) groups is 1. The molecule has 0 amide bonds. The van der Waals surface area contributed by atoms with Gasteiger partial charge in [0, 0.05) is 21.0 Å². The number of hydrogen-bond donors (Lipinski definition) is 0. The van der Waals surface area contributed by atoms with Crippen molar-refractivity contribution in [3.05, 3.63) is 67.5 Å². The van der Waals surface area contributed by atoms with Gasteiger partial charge < -0.3 is 0 Å². The maximum atomic E-state index is 11.8. The molecule has 1 aromatic carbocycles. The summed E-state index contributed by atoms with van der Waals surface area (Å²) in [5.74, 6) is -0.136. The maximum Gasteiger partial charge on any atom is 0.324 e. The minimum Gasteiger partial charge on any atom is -0.289 e. The molecule has 1 aromatic heterocycles. The first-order chi connectivity index (χ1) is 9.06. The molecule has 0 saturated carbocycles. The van der Waals surface area contributed by atoms with Crippen molar-refractivity contribution < 1.29 is 9.72 Å². The average Bonchev–Trinajstić information content (AvgIpc) is 2.86. The Morgan fingerprint density at radius 1 is 1.21 bits per heavy atom. The van der Waals surface area contributed by atoms with Crippen LogP contribution in [0.25, 0.3) is 6.08 Å². The van der Waals surface area contributed by atoms with Crippen LogP contribution in [-0.2, 0) is 0 Å². The molecule has 0 N–H and O–H groups in total. The van der Waals surface area contributed by atoms with E-state index in [2.05, 4.69) is 15.9 Å². The lowest BCUT2D eigenvalue weighted by molar-refractivity contribution is -0.380. The lowest BCUT2D eigenvalue weighted by Crippen LogP contribution is -1.92. The summed E-state index contributed by atoms with van der Waals surface area (Å²) < 4.78 is 0.905. The quantitative estimate of drug-likeness (QED) is 0.361. The van der Waals surface area contributed by atoms with Gasteiger partial charge in [0.1, 0.15) is 0 Å². The third-order valence-corrected chi connectivity index (χ3v) is 3.85. The van der Waals surface area contributed by atoms with Gasteiger partial charge in [-0.1, -0.05) is 27.3 Å². The van der Waals surface area contributed by atoms with Crippen LogP contribution in [0.2, 0.25) is 0 Å². The Kier molecular flexibility index (Phi) is 4.24. The Hall–Kier alpha value is -1.79. The van der Waals surface area contributed by atoms with E-state index in [0.29, 0.717) is 10.4 Å². The molecule has 19 heavy (non-hydrogen) atoms. The summed E-state index contributed by atoms with van der Waals surface area (Å²) in [6, 6.07) is 10.1. The van der Waals surface area contributed by atoms with Gasteiger partial charge in [-0.3, -0.25) is 14.9 Å². The molecule has 4 nitrogen and oxygen atoms in total. The molecular formula is C13H8BrNO3S. The molecule has 0 spiro atoms. The summed E-state index contributed by atoms with van der Waals surface area (Å²) in [6.07, 6.45) is 3.00. The fraction of sp³-hybridized carbons (Fsp3) is 0. The molecule has 0 aliphatic rings. The van der Waals surface area contributed by atoms with Crippen LogP contribution in [0.1, 0.15) is 15.2 Å². The summed E-state index contributed by atoms with van der Waals surface area (Å²) in [6.45, 7) is 0. The lowest BCUT2D eigenvalue weighted by Gasteiger charge is -1.95. The van der Waals surface area contributed by atoms with Crippen molar-refractivity contribution in [2.24, 2.45) is 0 Å². The minimum absolute atomic E-state index is 0.0655. The van der Waals surface area contributed by atoms with Crippen LogP contribution in [0, 0.1) is 10.1 Å². The second-order valence-electron chi connectivity index (χ2n) is 3.64. The van der Waals surface area contributed by atoms with Crippen LogP contribution in [0.15, 0.2) is 46.9 Å². The molecule has 2 aromatic rings. The first-order valence-corrected chi connectivity index (χ1v) is 6.89. The number of halogens is 1. The van der Waals surface area contributed by atoms with Gasteiger partial charge in [0.2, 0.25) is 0 Å². The van der Waals surface area contributed by atoms with Gasteiger partial charge in [0.25, 0.3) is 0 Å². The number of nitro groups is 1. The fourth-order valence-electron chi connectivity index (χ4n) is 1.40. The van der Waals surface area contributed by atoms with E-state index in [4.69, 9.17) is 0 Å². The predicted octanol–water partition coefficient (Wildman–Crippen LogP) is 4.31. The van der Waals surface area contributed by atoms with E-state index in [1.165, 1.54) is 12.1 Å². The van der Waals surface area contributed by atoms with E-state index in [-0.39, 0.29) is 10.8 Å². The van der Waals surface area contributed by atoms with Gasteiger partial charge in [-0.25, -0.2) is 0 Å². The Balaban J connectivity index is 2.11. The second kappa shape index (κ2) is 5.90. The molecule has 0 unspecified atom stereocenters. The van der Waals surface area contributed by atoms with E-state index in [0.717, 1.165) is 15.8 Å². The number of ketones is 1. The topological polar surface area (TPSA) is 60.2 Å². The Morgan fingerprint density at radius 2 is 1.89 bits per heavy atom. The van der Waals surface area contributed by atoms with Crippen molar-refractivity contribution in [2.45, 2.75) is 0 Å². The van der Waals surface area contributed by atoms with Crippen LogP contribution in [0.5, 0.6) is 0 Å². The summed E-state index contributed by atoms with van der Waals surface area (Å²) >= 11 is 4.33. The van der Waals surface area contributed by atoms with Gasteiger partial charge in [0.15, 0.2) is 5.78 Å². The Labute approximate surface area is 121 Å². The first kappa shape index (κ1) is 13.6. The van der Waals surface area contributed by atoms with Crippen molar-refractivity contribution in [3.63, 3.8) is 0 Å². The summed E-state index contributed by atoms with van der Waals surface area (Å²) in [5, 5.41) is 10.6. The SMILES string of the molecule is O=C(C=Cc1ccc([N+](=O)[O-])s1)c1ccc(Br)cc1. The first-order valence-electron chi connectivity index (χ1n) is 5.28. The Morgan fingerprint density at radius 3 is 2.47 bits per heavy atom. The fourth-order valence-corrected chi connectivity index (χ4v) is 2.39. The van der Waals surface area contributed by atoms with Crippen LogP contribution >= 0.6 is 27.3 Å². The highest BCUT2D eigenvalue weighted by Gasteiger charge is 2.08. The van der Waals surface area contributed by atoms with Gasteiger partial charge in [0.05, 0.1) is 4.92 Å². The molecule has 2 rings (SSSR count). The highest BCUT2D eigenvalue weighted by atomic mass is 79.9. The zero-order chi connectivity index (χ0) is 13.8. The molecule has 0 saturated heterocycles. The molecule has 6 heteroatoms. The van der Waals surface area contributed by atoms with Crippen molar-refractivity contribution in [2.75, 3.05) is 0 Å². The third kappa shape index (κ3) is 3.59. The number of thiophene rings is 1. The lowest BCUT2D eigenvalue weighted by atomic mass is 10.1. The molecular weight excluding hydrogens is 330 g/mol. The molecule has 0 atom stereocenters. The van der Waals surface area contributed by atoms with Crippen molar-refractivity contribution in [1.29, 1.82) is 0 Å². The van der Waals surface area contributed by atoms with Crippen LogP contribution in [0.3, 0.4) is 0 Å². The van der Waals surface area contributed by atoms with Gasteiger partial charge >= 0.3 is 5.00 Å². The molecule has 0 radical (unpaired) electrons. The van der Waals surface area contributed by atoms with E-state index < -0.39 is 4.92 Å². The number of benzene rings is 1. The largest absolute Gasteiger partial charge is 0.324 e. The predicted molar refractivity (Wildman–Crippen MR) is 78.5 cm³/mol. The van der Waals surface area contributed by atoms with Crippen molar-refractivity contribution in [3.8, 4) is 0 Å². The van der Waals surface area contributed by atoms with Gasteiger partial charge in [-0.15, -0.1) is 0 Å². The zero-order valence-electron chi connectivity index (χ0n) is 9.58. The van der Waals surface area contributed by atoms with Crippen molar-refractivity contribution >= 4 is 44.1 Å². The number of carbonyl (C=O) groups excluding carboxylic acids is 1. The van der Waals surface area contributed by atoms with Gasteiger partial charge in [-0.05, 0) is 42.5 Å². The zero-order valence-corrected chi connectivity index (χ0v) is 12.0. The molecule has 1 heterocycles. The van der Waals surface area contributed by atoms with E-state index in [1.807, 2.05) is 0 Å². The number of allylic oxidation sites excluding steroid dienone is 1. The smallest absolute Gasteiger partial charge is 0.289 e.